The maximum absolute atomic E-state index is 4.65. The Hall–Kier alpha value is -0.840. The summed E-state index contributed by atoms with van der Waals surface area (Å²) >= 11 is 3.50. The average Bonchev–Trinajstić information content (AvgIpc) is 2.85. The van der Waals surface area contributed by atoms with Gasteiger partial charge in [-0.05, 0) is 25.4 Å². The number of hydrogen-bond acceptors (Lipinski definition) is 4. The minimum Gasteiger partial charge on any atom is -0.319 e. The Morgan fingerprint density at radius 1 is 1.29 bits per heavy atom. The van der Waals surface area contributed by atoms with Gasteiger partial charge in [-0.2, -0.15) is 0 Å². The molecule has 0 aliphatic heterocycles. The molecule has 0 amide bonds. The van der Waals surface area contributed by atoms with Gasteiger partial charge >= 0.3 is 0 Å². The van der Waals surface area contributed by atoms with Crippen LogP contribution >= 0.6 is 23.1 Å². The largest absolute Gasteiger partial charge is 0.319 e. The van der Waals surface area contributed by atoms with Crippen molar-refractivity contribution in [3.63, 3.8) is 0 Å². The topological polar surface area (TPSA) is 24.9 Å². The molecule has 0 fully saturated rings. The number of thiazole rings is 1. The lowest BCUT2D eigenvalue weighted by atomic mass is 10.2. The van der Waals surface area contributed by atoms with E-state index in [-0.39, 0.29) is 0 Å². The van der Waals surface area contributed by atoms with E-state index in [1.165, 1.54) is 15.5 Å². The van der Waals surface area contributed by atoms with Gasteiger partial charge in [-0.25, -0.2) is 4.98 Å². The number of likely N-dealkylation sites (N-methyl/N-ethyl adjacent to an activating group) is 1. The standard InChI is InChI=1S/C13H16N2S2/c1-14-8-7-13-15-12(9-17-13)10-3-5-11(16-2)6-4-10/h3-6,9,14H,7-8H2,1-2H3. The van der Waals surface area contributed by atoms with Crippen LogP contribution < -0.4 is 5.32 Å². The second-order valence-electron chi connectivity index (χ2n) is 3.71. The van der Waals surface area contributed by atoms with Gasteiger partial charge in [-0.1, -0.05) is 12.1 Å². The molecule has 0 saturated heterocycles. The predicted molar refractivity (Wildman–Crippen MR) is 77.0 cm³/mol. The SMILES string of the molecule is CNCCc1nc(-c2ccc(SC)cc2)cs1. The van der Waals surface area contributed by atoms with Gasteiger partial charge in [0.2, 0.25) is 0 Å². The molecule has 0 aliphatic carbocycles. The monoisotopic (exact) mass is 264 g/mol. The highest BCUT2D eigenvalue weighted by Crippen LogP contribution is 2.24. The second-order valence-corrected chi connectivity index (χ2v) is 5.53. The van der Waals surface area contributed by atoms with Gasteiger partial charge in [0.05, 0.1) is 10.7 Å². The third-order valence-electron chi connectivity index (χ3n) is 2.53. The van der Waals surface area contributed by atoms with E-state index in [9.17, 15) is 0 Å². The van der Waals surface area contributed by atoms with E-state index >= 15 is 0 Å². The third kappa shape index (κ3) is 3.31. The van der Waals surface area contributed by atoms with Crippen LogP contribution in [0.15, 0.2) is 34.5 Å². The highest BCUT2D eigenvalue weighted by molar-refractivity contribution is 7.98. The number of rotatable bonds is 5. The Balaban J connectivity index is 2.12. The zero-order chi connectivity index (χ0) is 12.1. The van der Waals surface area contributed by atoms with Gasteiger partial charge in [0.15, 0.2) is 0 Å². The lowest BCUT2D eigenvalue weighted by Gasteiger charge is -1.99. The van der Waals surface area contributed by atoms with Gasteiger partial charge in [-0.15, -0.1) is 23.1 Å². The van der Waals surface area contributed by atoms with E-state index in [0.717, 1.165) is 18.7 Å². The molecule has 0 radical (unpaired) electrons. The maximum Gasteiger partial charge on any atom is 0.0945 e. The highest BCUT2D eigenvalue weighted by atomic mass is 32.2. The Morgan fingerprint density at radius 2 is 2.06 bits per heavy atom. The van der Waals surface area contributed by atoms with Crippen molar-refractivity contribution >= 4 is 23.1 Å². The Morgan fingerprint density at radius 3 is 2.71 bits per heavy atom. The van der Waals surface area contributed by atoms with Crippen LogP contribution in [0.2, 0.25) is 0 Å². The molecule has 90 valence electrons. The van der Waals surface area contributed by atoms with Gasteiger partial charge in [-0.3, -0.25) is 0 Å². The number of benzene rings is 1. The summed E-state index contributed by atoms with van der Waals surface area (Å²) in [7, 11) is 1.97. The maximum atomic E-state index is 4.65. The molecule has 0 bridgehead atoms. The Kier molecular flexibility index (Phi) is 4.59. The van der Waals surface area contributed by atoms with Crippen molar-refractivity contribution in [1.82, 2.24) is 10.3 Å². The van der Waals surface area contributed by atoms with Gasteiger partial charge in [0.1, 0.15) is 0 Å². The number of thioether (sulfide) groups is 1. The van der Waals surface area contributed by atoms with Crippen molar-refractivity contribution in [3.8, 4) is 11.3 Å². The molecule has 1 aromatic carbocycles. The third-order valence-corrected chi connectivity index (χ3v) is 4.18. The predicted octanol–water partition coefficient (Wildman–Crippen LogP) is 3.29. The molecule has 1 N–H and O–H groups in total. The van der Waals surface area contributed by atoms with Crippen LogP contribution in [0.1, 0.15) is 5.01 Å². The summed E-state index contributed by atoms with van der Waals surface area (Å²) in [6, 6.07) is 8.57. The van der Waals surface area contributed by atoms with Crippen molar-refractivity contribution < 1.29 is 0 Å². The molecule has 0 unspecified atom stereocenters. The number of nitrogens with one attached hydrogen (secondary N) is 1. The van der Waals surface area contributed by atoms with Crippen LogP contribution in [0.5, 0.6) is 0 Å². The minimum atomic E-state index is 0.984. The fraction of sp³-hybridized carbons (Fsp3) is 0.308. The summed E-state index contributed by atoms with van der Waals surface area (Å²) in [4.78, 5) is 5.94. The smallest absolute Gasteiger partial charge is 0.0945 e. The fourth-order valence-electron chi connectivity index (χ4n) is 1.55. The van der Waals surface area contributed by atoms with Gasteiger partial charge in [0, 0.05) is 28.8 Å². The van der Waals surface area contributed by atoms with E-state index in [0.29, 0.717) is 0 Å². The van der Waals surface area contributed by atoms with Crippen LogP contribution in [-0.4, -0.2) is 24.8 Å². The Bertz CT molecular complexity index is 463. The molecule has 17 heavy (non-hydrogen) atoms. The average molecular weight is 264 g/mol. The normalized spacial score (nSPS) is 10.7. The first kappa shape index (κ1) is 12.6. The highest BCUT2D eigenvalue weighted by Gasteiger charge is 2.04. The molecule has 2 rings (SSSR count). The first-order valence-corrected chi connectivity index (χ1v) is 7.67. The lowest BCUT2D eigenvalue weighted by Crippen LogP contribution is -2.09. The molecule has 2 aromatic rings. The van der Waals surface area contributed by atoms with Crippen LogP contribution in [0.25, 0.3) is 11.3 Å². The number of hydrogen-bond donors (Lipinski definition) is 1. The molecule has 2 nitrogen and oxygen atoms in total. The molecular weight excluding hydrogens is 248 g/mol. The molecule has 0 atom stereocenters. The fourth-order valence-corrected chi connectivity index (χ4v) is 2.77. The summed E-state index contributed by atoms with van der Waals surface area (Å²) < 4.78 is 0. The zero-order valence-electron chi connectivity index (χ0n) is 10.1. The quantitative estimate of drug-likeness (QED) is 0.839. The van der Waals surface area contributed by atoms with E-state index in [4.69, 9.17) is 0 Å². The summed E-state index contributed by atoms with van der Waals surface area (Å²) in [5.74, 6) is 0. The molecule has 0 spiro atoms. The summed E-state index contributed by atoms with van der Waals surface area (Å²) in [6.07, 6.45) is 3.10. The zero-order valence-corrected chi connectivity index (χ0v) is 11.7. The van der Waals surface area contributed by atoms with E-state index in [1.54, 1.807) is 23.1 Å². The molecular formula is C13H16N2S2. The summed E-state index contributed by atoms with van der Waals surface area (Å²) in [6.45, 7) is 0.984. The van der Waals surface area contributed by atoms with Crippen LogP contribution in [0.4, 0.5) is 0 Å². The lowest BCUT2D eigenvalue weighted by molar-refractivity contribution is 0.788. The molecule has 4 heteroatoms. The van der Waals surface area contributed by atoms with Crippen molar-refractivity contribution in [2.75, 3.05) is 19.8 Å². The van der Waals surface area contributed by atoms with Crippen molar-refractivity contribution in [2.45, 2.75) is 11.3 Å². The van der Waals surface area contributed by atoms with Gasteiger partial charge in [0.25, 0.3) is 0 Å². The second kappa shape index (κ2) is 6.19. The van der Waals surface area contributed by atoms with Crippen molar-refractivity contribution in [3.05, 3.63) is 34.7 Å². The van der Waals surface area contributed by atoms with Crippen molar-refractivity contribution in [1.29, 1.82) is 0 Å². The molecule has 1 aromatic heterocycles. The van der Waals surface area contributed by atoms with E-state index in [1.807, 2.05) is 7.05 Å². The first-order chi connectivity index (χ1) is 8.33. The van der Waals surface area contributed by atoms with Crippen molar-refractivity contribution in [2.24, 2.45) is 0 Å². The molecule has 0 saturated carbocycles. The Labute approximate surface area is 110 Å². The van der Waals surface area contributed by atoms with Crippen LogP contribution in [0, 0.1) is 0 Å². The van der Waals surface area contributed by atoms with Gasteiger partial charge < -0.3 is 5.32 Å². The van der Waals surface area contributed by atoms with E-state index < -0.39 is 0 Å². The van der Waals surface area contributed by atoms with E-state index in [2.05, 4.69) is 46.2 Å². The minimum absolute atomic E-state index is 0.984. The molecule has 1 heterocycles. The molecule has 0 aliphatic rings. The number of aromatic nitrogens is 1. The van der Waals surface area contributed by atoms with Crippen LogP contribution in [0.3, 0.4) is 0 Å². The first-order valence-electron chi connectivity index (χ1n) is 5.57. The number of nitrogens with zero attached hydrogens (tertiary/aromatic N) is 1. The summed E-state index contributed by atoms with van der Waals surface area (Å²) in [5.41, 5.74) is 2.29. The summed E-state index contributed by atoms with van der Waals surface area (Å²) in [5, 5.41) is 6.48. The van der Waals surface area contributed by atoms with Crippen LogP contribution in [-0.2, 0) is 6.42 Å².